The summed E-state index contributed by atoms with van der Waals surface area (Å²) in [6.07, 6.45) is 0.981. The van der Waals surface area contributed by atoms with Gasteiger partial charge in [0.25, 0.3) is 7.52 Å². The highest BCUT2D eigenvalue weighted by atomic mass is 31.2. The minimum Gasteiger partial charge on any atom is -0.314 e. The molecule has 0 fully saturated rings. The van der Waals surface area contributed by atoms with Crippen molar-refractivity contribution in [3.8, 4) is 0 Å². The minimum atomic E-state index is -2.62. The Kier molecular flexibility index (Phi) is 5.52. The number of hydrogen-bond acceptors (Lipinski definition) is 2. The molecular weight excluding hydrogens is 209 g/mol. The van der Waals surface area contributed by atoms with Gasteiger partial charge >= 0.3 is 0 Å². The molecule has 0 saturated carbocycles. The molecule has 0 heterocycles. The van der Waals surface area contributed by atoms with E-state index in [1.165, 1.54) is 0 Å². The van der Waals surface area contributed by atoms with Crippen LogP contribution in [0.25, 0.3) is 0 Å². The lowest BCUT2D eigenvalue weighted by Gasteiger charge is -2.33. The maximum Gasteiger partial charge on any atom is 0.269 e. The molecule has 0 bridgehead atoms. The Balaban J connectivity index is 4.44. The predicted molar refractivity (Wildman–Crippen MR) is 66.5 cm³/mol. The molecule has 0 amide bonds. The van der Waals surface area contributed by atoms with Crippen molar-refractivity contribution in [2.75, 3.05) is 20.3 Å². The highest BCUT2D eigenvalue weighted by Gasteiger charge is 2.30. The van der Waals surface area contributed by atoms with Gasteiger partial charge in [-0.15, -0.1) is 0 Å². The first-order valence-electron chi connectivity index (χ1n) is 5.58. The lowest BCUT2D eigenvalue weighted by atomic mass is 9.91. The highest BCUT2D eigenvalue weighted by Crippen LogP contribution is 2.49. The minimum absolute atomic E-state index is 0.00682. The Hall–Kier alpha value is 0.150. The number of rotatable bonds is 5. The molecule has 2 atom stereocenters. The van der Waals surface area contributed by atoms with E-state index in [-0.39, 0.29) is 11.5 Å². The predicted octanol–water partition coefficient (Wildman–Crippen LogP) is 3.60. The maximum atomic E-state index is 12.3. The highest BCUT2D eigenvalue weighted by molar-refractivity contribution is 7.55. The van der Waals surface area contributed by atoms with E-state index in [0.717, 1.165) is 13.0 Å². The average Bonchev–Trinajstić information content (AvgIpc) is 2.02. The van der Waals surface area contributed by atoms with Crippen LogP contribution in [-0.4, -0.2) is 31.0 Å². The lowest BCUT2D eigenvalue weighted by Crippen LogP contribution is -2.28. The smallest absolute Gasteiger partial charge is 0.269 e. The van der Waals surface area contributed by atoms with Crippen LogP contribution in [0.3, 0.4) is 0 Å². The molecule has 0 rings (SSSR count). The third kappa shape index (κ3) is 5.14. The molecule has 0 aromatic heterocycles. The van der Waals surface area contributed by atoms with Gasteiger partial charge < -0.3 is 4.52 Å². The van der Waals surface area contributed by atoms with Crippen molar-refractivity contribution < 1.29 is 9.09 Å². The van der Waals surface area contributed by atoms with Gasteiger partial charge in [-0.25, -0.2) is 4.67 Å². The third-order valence-electron chi connectivity index (χ3n) is 2.74. The van der Waals surface area contributed by atoms with Gasteiger partial charge in [0.05, 0.1) is 6.10 Å². The second-order valence-corrected chi connectivity index (χ2v) is 7.80. The molecule has 0 saturated heterocycles. The zero-order chi connectivity index (χ0) is 12.3. The van der Waals surface area contributed by atoms with Crippen LogP contribution in [0, 0.1) is 5.41 Å². The average molecular weight is 235 g/mol. The normalized spacial score (nSPS) is 18.9. The molecule has 15 heavy (non-hydrogen) atoms. The zero-order valence-corrected chi connectivity index (χ0v) is 12.1. The Labute approximate surface area is 94.7 Å². The van der Waals surface area contributed by atoms with Crippen LogP contribution in [0.1, 0.15) is 41.0 Å². The van der Waals surface area contributed by atoms with Crippen molar-refractivity contribution in [2.24, 2.45) is 5.41 Å². The van der Waals surface area contributed by atoms with E-state index in [1.807, 2.05) is 18.6 Å². The van der Waals surface area contributed by atoms with Crippen LogP contribution in [0.2, 0.25) is 0 Å². The number of nitrogens with zero attached hydrogens (tertiary/aromatic N) is 1. The Morgan fingerprint density at radius 3 is 2.20 bits per heavy atom. The molecule has 0 radical (unpaired) electrons. The van der Waals surface area contributed by atoms with E-state index >= 15 is 0 Å². The largest absolute Gasteiger partial charge is 0.314 e. The van der Waals surface area contributed by atoms with Crippen molar-refractivity contribution in [2.45, 2.75) is 47.1 Å². The molecule has 0 aromatic rings. The molecule has 0 aliphatic heterocycles. The molecule has 0 spiro atoms. The van der Waals surface area contributed by atoms with Gasteiger partial charge in [0, 0.05) is 13.2 Å². The SMILES string of the molecule is CCCN(C)P(C)(=O)OC(C)C(C)(C)C. The lowest BCUT2D eigenvalue weighted by molar-refractivity contribution is 0.0966. The molecule has 0 aromatic carbocycles. The second kappa shape index (κ2) is 5.47. The van der Waals surface area contributed by atoms with Gasteiger partial charge in [-0.2, -0.15) is 0 Å². The van der Waals surface area contributed by atoms with E-state index < -0.39 is 7.52 Å². The summed E-state index contributed by atoms with van der Waals surface area (Å²) in [5.74, 6) is 0. The number of hydrogen-bond donors (Lipinski definition) is 0. The van der Waals surface area contributed by atoms with E-state index in [0.29, 0.717) is 0 Å². The fourth-order valence-electron chi connectivity index (χ4n) is 1.04. The monoisotopic (exact) mass is 235 g/mol. The standard InChI is InChI=1S/C11H26NO2P/c1-8-9-12(6)15(7,13)14-10(2)11(3,4)5/h10H,8-9H2,1-7H3. The van der Waals surface area contributed by atoms with Crippen LogP contribution >= 0.6 is 7.52 Å². The molecule has 0 N–H and O–H groups in total. The molecule has 3 nitrogen and oxygen atoms in total. The van der Waals surface area contributed by atoms with E-state index in [1.54, 1.807) is 6.66 Å². The van der Waals surface area contributed by atoms with Crippen LogP contribution in [0.15, 0.2) is 0 Å². The molecule has 92 valence electrons. The van der Waals surface area contributed by atoms with E-state index in [2.05, 4.69) is 27.7 Å². The summed E-state index contributed by atoms with van der Waals surface area (Å²) in [6, 6.07) is 0. The molecular formula is C11H26NO2P. The molecule has 0 aliphatic rings. The molecule has 2 unspecified atom stereocenters. The third-order valence-corrected chi connectivity index (χ3v) is 4.89. The first-order chi connectivity index (χ1) is 6.61. The summed E-state index contributed by atoms with van der Waals surface area (Å²) >= 11 is 0. The Bertz CT molecular complexity index is 235. The van der Waals surface area contributed by atoms with E-state index in [9.17, 15) is 4.57 Å². The van der Waals surface area contributed by atoms with Crippen molar-refractivity contribution in [3.05, 3.63) is 0 Å². The van der Waals surface area contributed by atoms with Gasteiger partial charge in [-0.3, -0.25) is 4.57 Å². The first kappa shape index (κ1) is 15.2. The van der Waals surface area contributed by atoms with Gasteiger partial charge in [-0.1, -0.05) is 27.7 Å². The van der Waals surface area contributed by atoms with Gasteiger partial charge in [0.2, 0.25) is 0 Å². The van der Waals surface area contributed by atoms with Crippen LogP contribution < -0.4 is 0 Å². The molecule has 4 heteroatoms. The molecule has 0 aliphatic carbocycles. The Morgan fingerprint density at radius 1 is 1.40 bits per heavy atom. The summed E-state index contributed by atoms with van der Waals surface area (Å²) in [4.78, 5) is 0. The summed E-state index contributed by atoms with van der Waals surface area (Å²) < 4.78 is 19.8. The van der Waals surface area contributed by atoms with Crippen LogP contribution in [0.5, 0.6) is 0 Å². The Morgan fingerprint density at radius 2 is 1.87 bits per heavy atom. The van der Waals surface area contributed by atoms with Gasteiger partial charge in [0.1, 0.15) is 0 Å². The van der Waals surface area contributed by atoms with E-state index in [4.69, 9.17) is 4.52 Å². The second-order valence-electron chi connectivity index (χ2n) is 5.30. The maximum absolute atomic E-state index is 12.3. The summed E-state index contributed by atoms with van der Waals surface area (Å²) in [5, 5.41) is 0. The topological polar surface area (TPSA) is 29.5 Å². The summed E-state index contributed by atoms with van der Waals surface area (Å²) in [6.45, 7) is 12.8. The fraction of sp³-hybridized carbons (Fsp3) is 1.00. The van der Waals surface area contributed by atoms with Crippen molar-refractivity contribution >= 4 is 7.52 Å². The zero-order valence-electron chi connectivity index (χ0n) is 11.2. The van der Waals surface area contributed by atoms with Crippen molar-refractivity contribution in [3.63, 3.8) is 0 Å². The quantitative estimate of drug-likeness (QED) is 0.682. The first-order valence-corrected chi connectivity index (χ1v) is 7.61. The van der Waals surface area contributed by atoms with Crippen LogP contribution in [0.4, 0.5) is 0 Å². The summed E-state index contributed by atoms with van der Waals surface area (Å²) in [5.41, 5.74) is 0.0265. The summed E-state index contributed by atoms with van der Waals surface area (Å²) in [7, 11) is -0.759. The van der Waals surface area contributed by atoms with Crippen molar-refractivity contribution in [1.29, 1.82) is 0 Å². The fourth-order valence-corrected chi connectivity index (χ4v) is 2.66. The van der Waals surface area contributed by atoms with Crippen molar-refractivity contribution in [1.82, 2.24) is 4.67 Å². The van der Waals surface area contributed by atoms with Gasteiger partial charge in [0.15, 0.2) is 0 Å². The van der Waals surface area contributed by atoms with Gasteiger partial charge in [-0.05, 0) is 25.8 Å². The van der Waals surface area contributed by atoms with Crippen LogP contribution in [-0.2, 0) is 9.09 Å².